The van der Waals surface area contributed by atoms with Gasteiger partial charge in [-0.2, -0.15) is 5.10 Å². The third-order valence-electron chi connectivity index (χ3n) is 10.1. The minimum atomic E-state index is -0.311. The van der Waals surface area contributed by atoms with Crippen molar-refractivity contribution in [1.29, 1.82) is 0 Å². The van der Waals surface area contributed by atoms with Gasteiger partial charge >= 0.3 is 6.09 Å². The van der Waals surface area contributed by atoms with Crippen molar-refractivity contribution in [3.63, 3.8) is 0 Å². The number of anilines is 1. The van der Waals surface area contributed by atoms with Gasteiger partial charge in [-0.1, -0.05) is 24.3 Å². The monoisotopic (exact) mass is 612 g/mol. The van der Waals surface area contributed by atoms with Crippen LogP contribution in [0.5, 0.6) is 5.75 Å². The molecule has 0 spiro atoms. The summed E-state index contributed by atoms with van der Waals surface area (Å²) in [6, 6.07) is 15.6. The highest BCUT2D eigenvalue weighted by molar-refractivity contribution is 5.95. The van der Waals surface area contributed by atoms with Gasteiger partial charge in [-0.15, -0.1) is 0 Å². The van der Waals surface area contributed by atoms with Gasteiger partial charge in [0, 0.05) is 44.0 Å². The summed E-state index contributed by atoms with van der Waals surface area (Å²) in [6.45, 7) is 2.84. The van der Waals surface area contributed by atoms with E-state index < -0.39 is 0 Å². The topological polar surface area (TPSA) is 76.9 Å². The smallest absolute Gasteiger partial charge is 0.409 e. The number of benzene rings is 2. The maximum Gasteiger partial charge on any atom is 0.409 e. The molecule has 6 rings (SSSR count). The first-order valence-electron chi connectivity index (χ1n) is 16.8. The summed E-state index contributed by atoms with van der Waals surface area (Å²) in [7, 11) is 5.13. The normalized spacial score (nSPS) is 23.3. The van der Waals surface area contributed by atoms with Crippen molar-refractivity contribution in [2.75, 3.05) is 32.6 Å². The fourth-order valence-electron chi connectivity index (χ4n) is 7.19. The molecule has 8 nitrogen and oxygen atoms in total. The third kappa shape index (κ3) is 7.37. The van der Waals surface area contributed by atoms with Crippen LogP contribution in [0.25, 0.3) is 11.1 Å². The van der Waals surface area contributed by atoms with Crippen LogP contribution in [-0.4, -0.2) is 60.5 Å². The average Bonchev–Trinajstić information content (AvgIpc) is 3.79. The number of amides is 2. The Kier molecular flexibility index (Phi) is 9.47. The van der Waals surface area contributed by atoms with Gasteiger partial charge in [0.15, 0.2) is 0 Å². The standard InChI is InChI=1S/C37H48N4O4/c1-25-20-30(14-19-35(25)44-4)27-10-8-26(9-11-27)23-40(36(42)28-12-17-34(18-13-28)45-37(43)39(2)3)33-7-5-6-29(21-33)31-22-38-41(24-31)32-15-16-32/h5-7,14,19-22,24,26-28,32,34H,8-13,15-18,23H2,1-4H3/t26-,27-,28-,34-. The van der Waals surface area contributed by atoms with Gasteiger partial charge in [-0.05, 0) is 118 Å². The van der Waals surface area contributed by atoms with Crippen LogP contribution in [0.1, 0.15) is 87.3 Å². The molecule has 3 saturated carbocycles. The van der Waals surface area contributed by atoms with E-state index in [9.17, 15) is 9.59 Å². The van der Waals surface area contributed by atoms with E-state index in [4.69, 9.17) is 9.47 Å². The van der Waals surface area contributed by atoms with E-state index in [1.807, 2.05) is 6.20 Å². The number of aryl methyl sites for hydroxylation is 1. The summed E-state index contributed by atoms with van der Waals surface area (Å²) in [4.78, 5) is 30.0. The molecule has 1 aromatic heterocycles. The number of methoxy groups -OCH3 is 1. The van der Waals surface area contributed by atoms with Gasteiger partial charge in [-0.3, -0.25) is 9.48 Å². The number of carbonyl (C=O) groups is 2. The number of hydrogen-bond donors (Lipinski definition) is 0. The molecule has 0 N–H and O–H groups in total. The maximum absolute atomic E-state index is 14.3. The molecule has 8 heteroatoms. The second-order valence-corrected chi connectivity index (χ2v) is 13.6. The highest BCUT2D eigenvalue weighted by Crippen LogP contribution is 2.40. The van der Waals surface area contributed by atoms with Gasteiger partial charge in [0.2, 0.25) is 5.91 Å². The summed E-state index contributed by atoms with van der Waals surface area (Å²) in [6.07, 6.45) is 13.4. The highest BCUT2D eigenvalue weighted by atomic mass is 16.6. The molecule has 0 saturated heterocycles. The van der Waals surface area contributed by atoms with Crippen molar-refractivity contribution in [3.05, 3.63) is 66.0 Å². The van der Waals surface area contributed by atoms with E-state index in [0.717, 1.165) is 80.5 Å². The molecule has 1 heterocycles. The number of nitrogens with zero attached hydrogens (tertiary/aromatic N) is 4. The molecule has 2 aromatic carbocycles. The number of rotatable bonds is 9. The largest absolute Gasteiger partial charge is 0.496 e. The molecule has 0 radical (unpaired) electrons. The van der Waals surface area contributed by atoms with Crippen molar-refractivity contribution in [2.45, 2.75) is 89.2 Å². The molecule has 0 bridgehead atoms. The third-order valence-corrected chi connectivity index (χ3v) is 10.1. The Balaban J connectivity index is 1.17. The number of hydrogen-bond acceptors (Lipinski definition) is 5. The second kappa shape index (κ2) is 13.7. The fourth-order valence-corrected chi connectivity index (χ4v) is 7.19. The lowest BCUT2D eigenvalue weighted by atomic mass is 9.78. The molecule has 3 aromatic rings. The van der Waals surface area contributed by atoms with Crippen LogP contribution >= 0.6 is 0 Å². The zero-order valence-electron chi connectivity index (χ0n) is 27.3. The zero-order valence-corrected chi connectivity index (χ0v) is 27.3. The van der Waals surface area contributed by atoms with E-state index in [-0.39, 0.29) is 24.0 Å². The SMILES string of the molecule is COc1ccc([C@H]2CC[C@H](CN(c3cccc(-c4cnn(C5CC5)c4)c3)C(=O)[C@H]3CC[C@H](OC(=O)N(C)C)CC3)CC2)cc1C. The molecule has 2 amide bonds. The zero-order chi connectivity index (χ0) is 31.5. The fraction of sp³-hybridized carbons (Fsp3) is 0.541. The lowest BCUT2D eigenvalue weighted by Crippen LogP contribution is -2.42. The minimum Gasteiger partial charge on any atom is -0.496 e. The molecule has 0 aliphatic heterocycles. The lowest BCUT2D eigenvalue weighted by Gasteiger charge is -2.36. The molecule has 3 fully saturated rings. The van der Waals surface area contributed by atoms with E-state index in [1.54, 1.807) is 21.2 Å². The maximum atomic E-state index is 14.3. The van der Waals surface area contributed by atoms with Gasteiger partial charge in [-0.25, -0.2) is 4.79 Å². The Hall–Kier alpha value is -3.81. The van der Waals surface area contributed by atoms with Gasteiger partial charge in [0.1, 0.15) is 11.9 Å². The van der Waals surface area contributed by atoms with Crippen molar-refractivity contribution >= 4 is 17.7 Å². The van der Waals surface area contributed by atoms with Crippen LogP contribution in [0.15, 0.2) is 54.9 Å². The van der Waals surface area contributed by atoms with E-state index >= 15 is 0 Å². The quantitative estimate of drug-likeness (QED) is 0.247. The molecule has 0 unspecified atom stereocenters. The van der Waals surface area contributed by atoms with E-state index in [2.05, 4.69) is 70.3 Å². The Morgan fingerprint density at radius 1 is 0.911 bits per heavy atom. The summed E-state index contributed by atoms with van der Waals surface area (Å²) in [5.41, 5.74) is 5.73. The van der Waals surface area contributed by atoms with E-state index in [1.165, 1.54) is 28.9 Å². The molecule has 240 valence electrons. The molecular weight excluding hydrogens is 564 g/mol. The van der Waals surface area contributed by atoms with Crippen LogP contribution in [-0.2, 0) is 9.53 Å². The van der Waals surface area contributed by atoms with Gasteiger partial charge in [0.05, 0.1) is 19.3 Å². The summed E-state index contributed by atoms with van der Waals surface area (Å²) >= 11 is 0. The van der Waals surface area contributed by atoms with E-state index in [0.29, 0.717) is 17.9 Å². The number of carbonyl (C=O) groups excluding carboxylic acids is 2. The van der Waals surface area contributed by atoms with Crippen LogP contribution in [0.4, 0.5) is 10.5 Å². The average molecular weight is 613 g/mol. The molecule has 3 aliphatic carbocycles. The molecule has 3 aliphatic rings. The predicted molar refractivity (Wildman–Crippen MR) is 177 cm³/mol. The van der Waals surface area contributed by atoms with Crippen molar-refractivity contribution < 1.29 is 19.1 Å². The first-order chi connectivity index (χ1) is 21.8. The number of ether oxygens (including phenoxy) is 2. The Bertz CT molecular complexity index is 1480. The summed E-state index contributed by atoms with van der Waals surface area (Å²) in [5, 5.41) is 4.61. The Labute approximate surface area is 267 Å². The highest BCUT2D eigenvalue weighted by Gasteiger charge is 2.34. The van der Waals surface area contributed by atoms with Crippen molar-refractivity contribution in [3.8, 4) is 16.9 Å². The second-order valence-electron chi connectivity index (χ2n) is 13.6. The summed E-state index contributed by atoms with van der Waals surface area (Å²) < 4.78 is 13.2. The van der Waals surface area contributed by atoms with Gasteiger partial charge < -0.3 is 19.3 Å². The molecule has 0 atom stereocenters. The molecule has 45 heavy (non-hydrogen) atoms. The molecular formula is C37H48N4O4. The Morgan fingerprint density at radius 3 is 2.33 bits per heavy atom. The van der Waals surface area contributed by atoms with Crippen LogP contribution in [0, 0.1) is 18.8 Å². The van der Waals surface area contributed by atoms with Crippen molar-refractivity contribution in [2.24, 2.45) is 11.8 Å². The van der Waals surface area contributed by atoms with Crippen molar-refractivity contribution in [1.82, 2.24) is 14.7 Å². The number of aromatic nitrogens is 2. The first-order valence-corrected chi connectivity index (χ1v) is 16.8. The lowest BCUT2D eigenvalue weighted by molar-refractivity contribution is -0.124. The Morgan fingerprint density at radius 2 is 1.67 bits per heavy atom. The summed E-state index contributed by atoms with van der Waals surface area (Å²) in [5.74, 6) is 2.06. The van der Waals surface area contributed by atoms with Crippen LogP contribution in [0.3, 0.4) is 0 Å². The minimum absolute atomic E-state index is 0.0702. The first kappa shape index (κ1) is 31.2. The van der Waals surface area contributed by atoms with Crippen LogP contribution < -0.4 is 9.64 Å². The predicted octanol–water partition coefficient (Wildman–Crippen LogP) is 7.77. The van der Waals surface area contributed by atoms with Gasteiger partial charge in [0.25, 0.3) is 0 Å². The van der Waals surface area contributed by atoms with Crippen LogP contribution in [0.2, 0.25) is 0 Å².